The van der Waals surface area contributed by atoms with E-state index in [2.05, 4.69) is 17.2 Å². The molecule has 2 aromatic rings. The summed E-state index contributed by atoms with van der Waals surface area (Å²) in [4.78, 5) is 38.1. The molecule has 0 unspecified atom stereocenters. The van der Waals surface area contributed by atoms with Gasteiger partial charge in [0.05, 0.1) is 5.69 Å². The van der Waals surface area contributed by atoms with Crippen molar-refractivity contribution in [1.29, 1.82) is 0 Å². The summed E-state index contributed by atoms with van der Waals surface area (Å²) in [6.45, 7) is 8.70. The molecule has 8 heteroatoms. The fraction of sp³-hybridized carbons (Fsp3) is 0.227. The Labute approximate surface area is 173 Å². The Balaban J connectivity index is 1.67. The monoisotopic (exact) mass is 411 g/mol. The number of hydrogen-bond donors (Lipinski definition) is 2. The van der Waals surface area contributed by atoms with Crippen LogP contribution in [0.15, 0.2) is 49.0 Å². The highest BCUT2D eigenvalue weighted by molar-refractivity contribution is 6.11. The molecule has 3 amide bonds. The van der Waals surface area contributed by atoms with Crippen LogP contribution in [0, 0.1) is 5.82 Å². The second-order valence-corrected chi connectivity index (χ2v) is 7.75. The lowest BCUT2D eigenvalue weighted by Crippen LogP contribution is -2.32. The fourth-order valence-corrected chi connectivity index (χ4v) is 2.96. The normalized spacial score (nSPS) is 13.1. The average Bonchev–Trinajstić information content (AvgIpc) is 2.88. The Kier molecular flexibility index (Phi) is 5.60. The van der Waals surface area contributed by atoms with Crippen molar-refractivity contribution in [2.75, 3.05) is 17.2 Å². The lowest BCUT2D eigenvalue weighted by molar-refractivity contribution is -0.116. The predicted octanol–water partition coefficient (Wildman–Crippen LogP) is 4.24. The van der Waals surface area contributed by atoms with Gasteiger partial charge in [0.1, 0.15) is 18.0 Å². The van der Waals surface area contributed by atoms with Crippen molar-refractivity contribution < 1.29 is 23.5 Å². The molecule has 0 spiro atoms. The van der Waals surface area contributed by atoms with Crippen molar-refractivity contribution in [2.45, 2.75) is 26.4 Å². The van der Waals surface area contributed by atoms with Crippen molar-refractivity contribution in [3.8, 4) is 0 Å². The topological polar surface area (TPSA) is 87.7 Å². The number of carbonyl (C=O) groups is 3. The Morgan fingerprint density at radius 3 is 2.40 bits per heavy atom. The molecule has 30 heavy (non-hydrogen) atoms. The molecule has 156 valence electrons. The van der Waals surface area contributed by atoms with Gasteiger partial charge in [0.2, 0.25) is 5.91 Å². The van der Waals surface area contributed by atoms with Crippen LogP contribution in [0.25, 0.3) is 5.70 Å². The second kappa shape index (κ2) is 7.98. The molecule has 1 aliphatic rings. The van der Waals surface area contributed by atoms with Crippen LogP contribution in [0.4, 0.5) is 20.6 Å². The molecule has 1 heterocycles. The summed E-state index contributed by atoms with van der Waals surface area (Å²) in [5, 5.41) is 4.91. The van der Waals surface area contributed by atoms with Crippen molar-refractivity contribution in [3.63, 3.8) is 0 Å². The fourth-order valence-electron chi connectivity index (χ4n) is 2.96. The lowest BCUT2D eigenvalue weighted by Gasteiger charge is -2.20. The first-order valence-electron chi connectivity index (χ1n) is 9.25. The van der Waals surface area contributed by atoms with Crippen LogP contribution in [0.1, 0.15) is 36.7 Å². The first-order valence-corrected chi connectivity index (χ1v) is 9.25. The van der Waals surface area contributed by atoms with E-state index in [1.165, 1.54) is 17.0 Å². The van der Waals surface area contributed by atoms with Crippen LogP contribution in [0.5, 0.6) is 0 Å². The lowest BCUT2D eigenvalue weighted by atomic mass is 10.1. The third-order valence-electron chi connectivity index (χ3n) is 4.23. The molecule has 2 N–H and O–H groups in total. The van der Waals surface area contributed by atoms with Gasteiger partial charge in [-0.15, -0.1) is 0 Å². The maximum Gasteiger partial charge on any atom is 0.412 e. The van der Waals surface area contributed by atoms with Crippen molar-refractivity contribution in [1.82, 2.24) is 4.90 Å². The summed E-state index contributed by atoms with van der Waals surface area (Å²) in [5.41, 5.74) is 0.978. The van der Waals surface area contributed by atoms with Crippen LogP contribution in [-0.2, 0) is 9.53 Å². The molecular formula is C22H22FN3O4. The smallest absolute Gasteiger partial charge is 0.412 e. The van der Waals surface area contributed by atoms with E-state index < -0.39 is 23.4 Å². The average molecular weight is 411 g/mol. The highest BCUT2D eigenvalue weighted by Crippen LogP contribution is 2.31. The van der Waals surface area contributed by atoms with Crippen LogP contribution in [0.2, 0.25) is 0 Å². The summed E-state index contributed by atoms with van der Waals surface area (Å²) in [7, 11) is 0. The number of nitrogens with one attached hydrogen (secondary N) is 2. The van der Waals surface area contributed by atoms with E-state index in [1.807, 2.05) is 0 Å². The molecule has 1 aliphatic heterocycles. The Bertz CT molecular complexity index is 1010. The number of ether oxygens (including phenoxy) is 1. The molecule has 7 nitrogen and oxygen atoms in total. The Morgan fingerprint density at radius 2 is 1.77 bits per heavy atom. The first-order chi connectivity index (χ1) is 14.0. The first kappa shape index (κ1) is 21.0. The van der Waals surface area contributed by atoms with Gasteiger partial charge in [-0.25, -0.2) is 9.18 Å². The van der Waals surface area contributed by atoms with Crippen LogP contribution < -0.4 is 10.6 Å². The minimum atomic E-state index is -0.818. The number of benzene rings is 2. The highest BCUT2D eigenvalue weighted by Gasteiger charge is 2.31. The summed E-state index contributed by atoms with van der Waals surface area (Å²) in [5.74, 6) is -1.48. The summed E-state index contributed by atoms with van der Waals surface area (Å²) < 4.78 is 19.1. The molecule has 0 bridgehead atoms. The maximum atomic E-state index is 14.0. The predicted molar refractivity (Wildman–Crippen MR) is 111 cm³/mol. The summed E-state index contributed by atoms with van der Waals surface area (Å²) in [6, 6.07) is 10.7. The minimum Gasteiger partial charge on any atom is -0.444 e. The number of amides is 3. The van der Waals surface area contributed by atoms with Gasteiger partial charge >= 0.3 is 6.09 Å². The summed E-state index contributed by atoms with van der Waals surface area (Å²) in [6.07, 6.45) is -0.818. The number of fused-ring (bicyclic) bond motifs is 1. The Morgan fingerprint density at radius 1 is 1.10 bits per heavy atom. The minimum absolute atomic E-state index is 0.142. The molecule has 2 aromatic carbocycles. The van der Waals surface area contributed by atoms with E-state index >= 15 is 0 Å². The number of halogens is 1. The van der Waals surface area contributed by atoms with Crippen LogP contribution >= 0.6 is 0 Å². The molecule has 0 radical (unpaired) electrons. The Hall–Kier alpha value is -3.68. The number of nitrogens with zero attached hydrogens (tertiary/aromatic N) is 1. The molecule has 0 aliphatic carbocycles. The number of hydrogen-bond acceptors (Lipinski definition) is 4. The molecule has 3 rings (SSSR count). The van der Waals surface area contributed by atoms with Gasteiger partial charge in [0, 0.05) is 22.5 Å². The van der Waals surface area contributed by atoms with Gasteiger partial charge in [0.15, 0.2) is 0 Å². The highest BCUT2D eigenvalue weighted by atomic mass is 19.1. The zero-order chi connectivity index (χ0) is 22.1. The molecular weight excluding hydrogens is 389 g/mol. The zero-order valence-electron chi connectivity index (χ0n) is 16.9. The largest absolute Gasteiger partial charge is 0.444 e. The number of carbonyl (C=O) groups excluding carboxylic acids is 3. The van der Waals surface area contributed by atoms with E-state index in [9.17, 15) is 18.8 Å². The quantitative estimate of drug-likeness (QED) is 0.788. The van der Waals surface area contributed by atoms with E-state index in [1.54, 1.807) is 45.0 Å². The SMILES string of the molecule is C=C1c2ccccc2C(=O)N1CC(=O)Nc1ccc(F)c(NC(=O)OC(C)(C)C)c1. The number of rotatable bonds is 4. The molecule has 0 saturated heterocycles. The van der Waals surface area contributed by atoms with Crippen molar-refractivity contribution in [3.05, 3.63) is 66.0 Å². The third kappa shape index (κ3) is 4.65. The van der Waals surface area contributed by atoms with Gasteiger partial charge < -0.3 is 10.1 Å². The van der Waals surface area contributed by atoms with Gasteiger partial charge in [-0.2, -0.15) is 0 Å². The number of anilines is 2. The van der Waals surface area contributed by atoms with Gasteiger partial charge in [-0.05, 0) is 45.0 Å². The maximum absolute atomic E-state index is 14.0. The van der Waals surface area contributed by atoms with Crippen LogP contribution in [0.3, 0.4) is 0 Å². The molecule has 0 fully saturated rings. The molecule has 0 saturated carbocycles. The third-order valence-corrected chi connectivity index (χ3v) is 4.23. The van der Waals surface area contributed by atoms with Crippen molar-refractivity contribution in [2.24, 2.45) is 0 Å². The van der Waals surface area contributed by atoms with E-state index in [-0.39, 0.29) is 23.8 Å². The van der Waals surface area contributed by atoms with Gasteiger partial charge in [-0.3, -0.25) is 19.8 Å². The van der Waals surface area contributed by atoms with E-state index in [0.717, 1.165) is 6.07 Å². The molecule has 0 atom stereocenters. The standard InChI is InChI=1S/C22H22FN3O4/c1-13-15-7-5-6-8-16(15)20(28)26(13)12-19(27)24-14-9-10-17(23)18(11-14)25-21(29)30-22(2,3)4/h5-11H,1,12H2,2-4H3,(H,24,27)(H,25,29). The van der Waals surface area contributed by atoms with Gasteiger partial charge in [0.25, 0.3) is 5.91 Å². The van der Waals surface area contributed by atoms with Crippen molar-refractivity contribution >= 4 is 35.0 Å². The van der Waals surface area contributed by atoms with E-state index in [0.29, 0.717) is 16.8 Å². The second-order valence-electron chi connectivity index (χ2n) is 7.75. The van der Waals surface area contributed by atoms with Crippen LogP contribution in [-0.4, -0.2) is 35.0 Å². The zero-order valence-corrected chi connectivity index (χ0v) is 16.9. The molecule has 0 aromatic heterocycles. The van der Waals surface area contributed by atoms with E-state index in [4.69, 9.17) is 4.74 Å². The van der Waals surface area contributed by atoms with Gasteiger partial charge in [-0.1, -0.05) is 24.8 Å². The summed E-state index contributed by atoms with van der Waals surface area (Å²) >= 11 is 0.